The minimum Gasteiger partial charge on any atom is -0.461 e. The Morgan fingerprint density at radius 2 is 2.00 bits per heavy atom. The quantitative estimate of drug-likeness (QED) is 0.780. The van der Waals surface area contributed by atoms with E-state index in [0.717, 1.165) is 22.2 Å². The van der Waals surface area contributed by atoms with Crippen molar-refractivity contribution in [3.8, 4) is 0 Å². The number of esters is 1. The first-order valence-electron chi connectivity index (χ1n) is 7.06. The number of hydrogen-bond donors (Lipinski definition) is 0. The van der Waals surface area contributed by atoms with E-state index in [4.69, 9.17) is 4.74 Å². The predicted molar refractivity (Wildman–Crippen MR) is 86.7 cm³/mol. The average molecular weight is 304 g/mol. The largest absolute Gasteiger partial charge is 0.461 e. The van der Waals surface area contributed by atoms with E-state index in [2.05, 4.69) is 35.9 Å². The molecule has 0 aliphatic heterocycles. The second-order valence-corrected chi connectivity index (χ2v) is 5.83. The van der Waals surface area contributed by atoms with Crippen LogP contribution in [0, 0.1) is 13.8 Å². The average Bonchev–Trinajstić information content (AvgIpc) is 2.84. The number of benzene rings is 1. The fourth-order valence-corrected chi connectivity index (χ4v) is 3.14. The summed E-state index contributed by atoms with van der Waals surface area (Å²) in [6, 6.07) is 8.17. The molecule has 0 atom stereocenters. The topological polar surface area (TPSA) is 42.4 Å². The van der Waals surface area contributed by atoms with E-state index >= 15 is 0 Å². The molecule has 112 valence electrons. The van der Waals surface area contributed by atoms with Crippen molar-refractivity contribution < 1.29 is 9.53 Å². The summed E-state index contributed by atoms with van der Waals surface area (Å²) in [6.45, 7) is 9.00. The molecule has 5 heteroatoms. The number of carbonyl (C=O) groups excluding carboxylic acids is 1. The number of nitrogens with zero attached hydrogens (tertiary/aromatic N) is 2. The summed E-state index contributed by atoms with van der Waals surface area (Å²) < 4.78 is 5.05. The van der Waals surface area contributed by atoms with Gasteiger partial charge in [-0.1, -0.05) is 18.2 Å². The highest BCUT2D eigenvalue weighted by atomic mass is 32.1. The Bertz CT molecular complexity index is 637. The van der Waals surface area contributed by atoms with Gasteiger partial charge in [-0.2, -0.15) is 0 Å². The third-order valence-corrected chi connectivity index (χ3v) is 4.20. The number of aryl methyl sites for hydroxylation is 2. The molecule has 1 heterocycles. The smallest absolute Gasteiger partial charge is 0.358 e. The first kappa shape index (κ1) is 15.5. The fourth-order valence-electron chi connectivity index (χ4n) is 2.16. The van der Waals surface area contributed by atoms with E-state index < -0.39 is 0 Å². The zero-order valence-corrected chi connectivity index (χ0v) is 13.7. The van der Waals surface area contributed by atoms with E-state index in [1.54, 1.807) is 6.92 Å². The summed E-state index contributed by atoms with van der Waals surface area (Å²) >= 11 is 1.52. The number of para-hydroxylation sites is 1. The van der Waals surface area contributed by atoms with E-state index in [9.17, 15) is 4.79 Å². The molecular formula is C16H20N2O2S. The predicted octanol–water partition coefficient (Wildman–Crippen LogP) is 4.09. The lowest BCUT2D eigenvalue weighted by molar-refractivity contribution is 0.0519. The third kappa shape index (κ3) is 3.24. The lowest BCUT2D eigenvalue weighted by Crippen LogP contribution is -2.17. The van der Waals surface area contributed by atoms with Gasteiger partial charge in [0.25, 0.3) is 0 Å². The van der Waals surface area contributed by atoms with Crippen LogP contribution in [0.15, 0.2) is 24.3 Å². The highest BCUT2D eigenvalue weighted by molar-refractivity contribution is 7.15. The molecule has 4 nitrogen and oxygen atoms in total. The van der Waals surface area contributed by atoms with Crippen LogP contribution in [0.3, 0.4) is 0 Å². The molecule has 0 spiro atoms. The summed E-state index contributed by atoms with van der Waals surface area (Å²) in [6.07, 6.45) is 0. The Morgan fingerprint density at radius 1 is 1.29 bits per heavy atom. The normalized spacial score (nSPS) is 10.5. The molecule has 2 aromatic rings. The van der Waals surface area contributed by atoms with Crippen LogP contribution in [0.25, 0.3) is 0 Å². The maximum absolute atomic E-state index is 11.9. The van der Waals surface area contributed by atoms with Crippen LogP contribution in [-0.2, 0) is 4.74 Å². The van der Waals surface area contributed by atoms with Gasteiger partial charge in [-0.3, -0.25) is 0 Å². The SMILES string of the molecule is CCOC(=O)c1nc(N(CC)c2ccccc2C)sc1C. The van der Waals surface area contributed by atoms with Crippen LogP contribution in [0.2, 0.25) is 0 Å². The van der Waals surface area contributed by atoms with Crippen LogP contribution in [-0.4, -0.2) is 24.1 Å². The molecule has 0 saturated heterocycles. The van der Waals surface area contributed by atoms with E-state index in [1.165, 1.54) is 16.9 Å². The van der Waals surface area contributed by atoms with Gasteiger partial charge in [-0.25, -0.2) is 9.78 Å². The van der Waals surface area contributed by atoms with Crippen molar-refractivity contribution >= 4 is 28.1 Å². The Hall–Kier alpha value is -1.88. The molecule has 0 amide bonds. The van der Waals surface area contributed by atoms with E-state index in [-0.39, 0.29) is 5.97 Å². The van der Waals surface area contributed by atoms with Crippen molar-refractivity contribution in [3.05, 3.63) is 40.4 Å². The van der Waals surface area contributed by atoms with Crippen molar-refractivity contribution in [2.75, 3.05) is 18.1 Å². The Balaban J connectivity index is 2.38. The van der Waals surface area contributed by atoms with Crippen LogP contribution >= 0.6 is 11.3 Å². The second kappa shape index (κ2) is 6.72. The molecule has 0 aliphatic rings. The molecular weight excluding hydrogens is 284 g/mol. The van der Waals surface area contributed by atoms with Gasteiger partial charge in [0.05, 0.1) is 6.61 Å². The number of ether oxygens (including phenoxy) is 1. The highest BCUT2D eigenvalue weighted by Gasteiger charge is 2.20. The van der Waals surface area contributed by atoms with Crippen molar-refractivity contribution in [2.24, 2.45) is 0 Å². The lowest BCUT2D eigenvalue weighted by atomic mass is 10.2. The summed E-state index contributed by atoms with van der Waals surface area (Å²) in [5.41, 5.74) is 2.72. The number of anilines is 2. The zero-order chi connectivity index (χ0) is 15.4. The Labute approximate surface area is 129 Å². The van der Waals surface area contributed by atoms with Gasteiger partial charge in [-0.15, -0.1) is 11.3 Å². The number of thiazole rings is 1. The van der Waals surface area contributed by atoms with Crippen molar-refractivity contribution in [1.29, 1.82) is 0 Å². The van der Waals surface area contributed by atoms with E-state index in [1.807, 2.05) is 19.1 Å². The highest BCUT2D eigenvalue weighted by Crippen LogP contribution is 2.33. The maximum Gasteiger partial charge on any atom is 0.358 e. The monoisotopic (exact) mass is 304 g/mol. The molecule has 0 fully saturated rings. The lowest BCUT2D eigenvalue weighted by Gasteiger charge is -2.21. The number of hydrogen-bond acceptors (Lipinski definition) is 5. The molecule has 1 aromatic carbocycles. The fraction of sp³-hybridized carbons (Fsp3) is 0.375. The molecule has 1 aromatic heterocycles. The van der Waals surface area contributed by atoms with Gasteiger partial charge in [0.2, 0.25) is 0 Å². The maximum atomic E-state index is 11.9. The Morgan fingerprint density at radius 3 is 2.62 bits per heavy atom. The number of rotatable bonds is 5. The van der Waals surface area contributed by atoms with Gasteiger partial charge in [-0.05, 0) is 39.3 Å². The summed E-state index contributed by atoms with van der Waals surface area (Å²) in [5.74, 6) is -0.349. The molecule has 2 rings (SSSR count). The third-order valence-electron chi connectivity index (χ3n) is 3.21. The van der Waals surface area contributed by atoms with Crippen molar-refractivity contribution in [1.82, 2.24) is 4.98 Å². The molecule has 0 saturated carbocycles. The summed E-state index contributed by atoms with van der Waals surface area (Å²) in [5, 5.41) is 0.826. The Kier molecular flexibility index (Phi) is 4.96. The van der Waals surface area contributed by atoms with Crippen LogP contribution < -0.4 is 4.90 Å². The molecule has 0 radical (unpaired) electrons. The number of carbonyl (C=O) groups is 1. The van der Waals surface area contributed by atoms with Crippen LogP contribution in [0.4, 0.5) is 10.8 Å². The van der Waals surface area contributed by atoms with Gasteiger partial charge >= 0.3 is 5.97 Å². The molecule has 0 unspecified atom stereocenters. The summed E-state index contributed by atoms with van der Waals surface area (Å²) in [4.78, 5) is 19.4. The first-order chi connectivity index (χ1) is 10.1. The van der Waals surface area contributed by atoms with E-state index in [0.29, 0.717) is 12.3 Å². The first-order valence-corrected chi connectivity index (χ1v) is 7.87. The second-order valence-electron chi connectivity index (χ2n) is 4.65. The van der Waals surface area contributed by atoms with Gasteiger partial charge in [0, 0.05) is 17.1 Å². The van der Waals surface area contributed by atoms with Crippen LogP contribution in [0.5, 0.6) is 0 Å². The zero-order valence-electron chi connectivity index (χ0n) is 12.8. The number of aromatic nitrogens is 1. The minimum atomic E-state index is -0.349. The molecule has 21 heavy (non-hydrogen) atoms. The molecule has 0 N–H and O–H groups in total. The van der Waals surface area contributed by atoms with Crippen LogP contribution in [0.1, 0.15) is 34.8 Å². The van der Waals surface area contributed by atoms with Gasteiger partial charge in [0.15, 0.2) is 10.8 Å². The molecule has 0 aliphatic carbocycles. The minimum absolute atomic E-state index is 0.349. The van der Waals surface area contributed by atoms with Gasteiger partial charge < -0.3 is 9.64 Å². The summed E-state index contributed by atoms with van der Waals surface area (Å²) in [7, 11) is 0. The standard InChI is InChI=1S/C16H20N2O2S/c1-5-18(13-10-8-7-9-11(13)3)16-17-14(12(4)21-16)15(19)20-6-2/h7-10H,5-6H2,1-4H3. The van der Waals surface area contributed by atoms with Crippen molar-refractivity contribution in [3.63, 3.8) is 0 Å². The molecule has 0 bridgehead atoms. The van der Waals surface area contributed by atoms with Crippen molar-refractivity contribution in [2.45, 2.75) is 27.7 Å². The van der Waals surface area contributed by atoms with Gasteiger partial charge in [0.1, 0.15) is 0 Å².